The number of hydrogen-bond donors (Lipinski definition) is 2. The second kappa shape index (κ2) is 7.45. The molecular weight excluding hydrogens is 385 g/mol. The zero-order valence-corrected chi connectivity index (χ0v) is 15.8. The number of nitrogens with zero attached hydrogens (tertiary/aromatic N) is 3. The number of para-hydroxylation sites is 1. The van der Waals surface area contributed by atoms with E-state index in [0.717, 1.165) is 4.34 Å². The number of nitrogens with one attached hydrogen (secondary N) is 2. The third-order valence-electron chi connectivity index (χ3n) is 3.78. The van der Waals surface area contributed by atoms with E-state index < -0.39 is 0 Å². The summed E-state index contributed by atoms with van der Waals surface area (Å²) in [4.78, 5) is 19.6. The van der Waals surface area contributed by atoms with Gasteiger partial charge in [0.15, 0.2) is 4.34 Å². The van der Waals surface area contributed by atoms with E-state index in [1.165, 1.54) is 35.2 Å². The molecule has 6 nitrogen and oxygen atoms in total. The third kappa shape index (κ3) is 3.99. The SMILES string of the molecule is C[C@H](Sc1nnc(Nc2cccc(F)c2)s1)c1nc2ccccc2c(=O)[nH]1. The number of rotatable bonds is 5. The normalized spacial score (nSPS) is 12.2. The van der Waals surface area contributed by atoms with E-state index in [-0.39, 0.29) is 16.6 Å². The fourth-order valence-corrected chi connectivity index (χ4v) is 4.48. The van der Waals surface area contributed by atoms with Crippen molar-refractivity contribution in [3.8, 4) is 0 Å². The summed E-state index contributed by atoms with van der Waals surface area (Å²) in [6, 6.07) is 13.4. The van der Waals surface area contributed by atoms with Gasteiger partial charge >= 0.3 is 0 Å². The van der Waals surface area contributed by atoms with Gasteiger partial charge in [-0.2, -0.15) is 0 Å². The van der Waals surface area contributed by atoms with Crippen LogP contribution in [0.4, 0.5) is 15.2 Å². The molecule has 0 unspecified atom stereocenters. The molecule has 0 aliphatic rings. The van der Waals surface area contributed by atoms with Crippen LogP contribution in [0.2, 0.25) is 0 Å². The number of fused-ring (bicyclic) bond motifs is 1. The number of aromatic nitrogens is 4. The molecule has 136 valence electrons. The van der Waals surface area contributed by atoms with E-state index in [9.17, 15) is 9.18 Å². The summed E-state index contributed by atoms with van der Waals surface area (Å²) in [5, 5.41) is 12.3. The Kier molecular flexibility index (Phi) is 4.87. The van der Waals surface area contributed by atoms with Gasteiger partial charge < -0.3 is 10.3 Å². The number of H-pyrrole nitrogens is 1. The van der Waals surface area contributed by atoms with Gasteiger partial charge in [-0.25, -0.2) is 9.37 Å². The largest absolute Gasteiger partial charge is 0.330 e. The minimum absolute atomic E-state index is 0.114. The Morgan fingerprint density at radius 1 is 1.19 bits per heavy atom. The van der Waals surface area contributed by atoms with E-state index >= 15 is 0 Å². The van der Waals surface area contributed by atoms with E-state index in [1.54, 1.807) is 18.2 Å². The van der Waals surface area contributed by atoms with Gasteiger partial charge in [-0.05, 0) is 37.3 Å². The van der Waals surface area contributed by atoms with Crippen molar-refractivity contribution in [2.45, 2.75) is 16.5 Å². The van der Waals surface area contributed by atoms with E-state index in [1.807, 2.05) is 25.1 Å². The molecule has 0 aliphatic heterocycles. The molecule has 27 heavy (non-hydrogen) atoms. The molecular formula is C18H14FN5OS2. The average molecular weight is 399 g/mol. The fraction of sp³-hybridized carbons (Fsp3) is 0.111. The molecule has 1 atom stereocenters. The first-order valence-electron chi connectivity index (χ1n) is 8.10. The van der Waals surface area contributed by atoms with Crippen molar-refractivity contribution in [3.63, 3.8) is 0 Å². The van der Waals surface area contributed by atoms with Gasteiger partial charge in [-0.1, -0.05) is 41.3 Å². The van der Waals surface area contributed by atoms with Gasteiger partial charge in [-0.15, -0.1) is 10.2 Å². The van der Waals surface area contributed by atoms with Gasteiger partial charge in [0.25, 0.3) is 5.56 Å². The van der Waals surface area contributed by atoms with Crippen molar-refractivity contribution in [1.82, 2.24) is 20.2 Å². The Morgan fingerprint density at radius 3 is 2.89 bits per heavy atom. The minimum atomic E-state index is -0.320. The predicted octanol–water partition coefficient (Wildman–Crippen LogP) is 4.51. The average Bonchev–Trinajstić information content (AvgIpc) is 3.08. The Hall–Kier alpha value is -2.78. The molecule has 2 aromatic heterocycles. The molecule has 4 rings (SSSR count). The van der Waals surface area contributed by atoms with Crippen LogP contribution in [0.15, 0.2) is 57.7 Å². The molecule has 0 radical (unpaired) electrons. The Balaban J connectivity index is 1.51. The number of aromatic amines is 1. The van der Waals surface area contributed by atoms with Crippen LogP contribution in [0.25, 0.3) is 10.9 Å². The molecule has 0 amide bonds. The van der Waals surface area contributed by atoms with Crippen molar-refractivity contribution >= 4 is 44.8 Å². The topological polar surface area (TPSA) is 83.6 Å². The molecule has 4 aromatic rings. The molecule has 2 aromatic carbocycles. The van der Waals surface area contributed by atoms with Crippen LogP contribution >= 0.6 is 23.1 Å². The summed E-state index contributed by atoms with van der Waals surface area (Å²) in [5.41, 5.74) is 1.11. The van der Waals surface area contributed by atoms with Crippen molar-refractivity contribution in [1.29, 1.82) is 0 Å². The van der Waals surface area contributed by atoms with Gasteiger partial charge in [0.1, 0.15) is 11.6 Å². The summed E-state index contributed by atoms with van der Waals surface area (Å²) >= 11 is 2.80. The molecule has 0 bridgehead atoms. The number of thioether (sulfide) groups is 1. The first-order valence-corrected chi connectivity index (χ1v) is 9.80. The van der Waals surface area contributed by atoms with E-state index in [4.69, 9.17) is 0 Å². The summed E-state index contributed by atoms with van der Waals surface area (Å²) in [7, 11) is 0. The van der Waals surface area contributed by atoms with Gasteiger partial charge in [0, 0.05) is 5.69 Å². The maximum atomic E-state index is 13.3. The number of anilines is 2. The van der Waals surface area contributed by atoms with Crippen LogP contribution in [0, 0.1) is 5.82 Å². The summed E-state index contributed by atoms with van der Waals surface area (Å²) in [6.07, 6.45) is 0. The fourth-order valence-electron chi connectivity index (χ4n) is 2.50. The molecule has 0 fully saturated rings. The number of hydrogen-bond acceptors (Lipinski definition) is 7. The molecule has 9 heteroatoms. The predicted molar refractivity (Wildman–Crippen MR) is 106 cm³/mol. The second-order valence-corrected chi connectivity index (χ2v) is 8.30. The van der Waals surface area contributed by atoms with Crippen molar-refractivity contribution in [2.24, 2.45) is 0 Å². The second-order valence-electron chi connectivity index (χ2n) is 5.74. The summed E-state index contributed by atoms with van der Waals surface area (Å²) in [5.74, 6) is 0.262. The van der Waals surface area contributed by atoms with Gasteiger partial charge in [0.05, 0.1) is 16.2 Å². The van der Waals surface area contributed by atoms with Gasteiger partial charge in [-0.3, -0.25) is 4.79 Å². The number of benzene rings is 2. The molecule has 0 spiro atoms. The van der Waals surface area contributed by atoms with Crippen LogP contribution < -0.4 is 10.9 Å². The molecule has 2 heterocycles. The standard InChI is InChI=1S/C18H14FN5OS2/c1-10(15-21-14-8-3-2-7-13(14)16(25)22-15)26-18-24-23-17(27-18)20-12-6-4-5-11(19)9-12/h2-10H,1H3,(H,20,23)(H,21,22,25)/t10-/m0/s1. The van der Waals surface area contributed by atoms with Crippen molar-refractivity contribution in [2.75, 3.05) is 5.32 Å². The Labute approximate surface area is 161 Å². The highest BCUT2D eigenvalue weighted by molar-refractivity contribution is 8.01. The Morgan fingerprint density at radius 2 is 2.04 bits per heavy atom. The van der Waals surface area contributed by atoms with Crippen LogP contribution in [0.1, 0.15) is 18.0 Å². The van der Waals surface area contributed by atoms with E-state index in [2.05, 4.69) is 25.5 Å². The van der Waals surface area contributed by atoms with Crippen molar-refractivity contribution < 1.29 is 4.39 Å². The quantitative estimate of drug-likeness (QED) is 0.481. The Bertz CT molecular complexity index is 1160. The maximum Gasteiger partial charge on any atom is 0.258 e. The van der Waals surface area contributed by atoms with Crippen LogP contribution in [-0.2, 0) is 0 Å². The number of halogens is 1. The highest BCUT2D eigenvalue weighted by atomic mass is 32.2. The molecule has 0 saturated heterocycles. The van der Waals surface area contributed by atoms with Crippen LogP contribution in [-0.4, -0.2) is 20.2 Å². The monoisotopic (exact) mass is 399 g/mol. The summed E-state index contributed by atoms with van der Waals surface area (Å²) < 4.78 is 14.0. The lowest BCUT2D eigenvalue weighted by Gasteiger charge is -2.08. The van der Waals surface area contributed by atoms with Gasteiger partial charge in [0.2, 0.25) is 5.13 Å². The highest BCUT2D eigenvalue weighted by Crippen LogP contribution is 2.36. The first kappa shape index (κ1) is 17.6. The lowest BCUT2D eigenvalue weighted by molar-refractivity contribution is 0.628. The highest BCUT2D eigenvalue weighted by Gasteiger charge is 2.15. The smallest absolute Gasteiger partial charge is 0.258 e. The lowest BCUT2D eigenvalue weighted by atomic mass is 10.2. The molecule has 0 saturated carbocycles. The van der Waals surface area contributed by atoms with Crippen LogP contribution in [0.5, 0.6) is 0 Å². The zero-order valence-electron chi connectivity index (χ0n) is 14.1. The first-order chi connectivity index (χ1) is 13.1. The molecule has 0 aliphatic carbocycles. The van der Waals surface area contributed by atoms with E-state index in [0.29, 0.717) is 27.5 Å². The van der Waals surface area contributed by atoms with Crippen LogP contribution in [0.3, 0.4) is 0 Å². The summed E-state index contributed by atoms with van der Waals surface area (Å²) in [6.45, 7) is 1.94. The third-order valence-corrected chi connectivity index (χ3v) is 5.81. The lowest BCUT2D eigenvalue weighted by Crippen LogP contribution is -2.12. The van der Waals surface area contributed by atoms with Crippen molar-refractivity contribution in [3.05, 3.63) is 70.5 Å². The zero-order chi connectivity index (χ0) is 18.8. The maximum absolute atomic E-state index is 13.3. The molecule has 2 N–H and O–H groups in total. The minimum Gasteiger partial charge on any atom is -0.330 e.